The fraction of sp³-hybridized carbons (Fsp3) is 0.429. The van der Waals surface area contributed by atoms with E-state index in [4.69, 9.17) is 0 Å². The summed E-state index contributed by atoms with van der Waals surface area (Å²) in [5.41, 5.74) is 0. The van der Waals surface area contributed by atoms with E-state index in [0.717, 1.165) is 17.6 Å². The molecule has 0 aliphatic rings. The van der Waals surface area contributed by atoms with Gasteiger partial charge in [0, 0.05) is 15.9 Å². The molecule has 62 valence electrons. The summed E-state index contributed by atoms with van der Waals surface area (Å²) in [6.07, 6.45) is 0. The van der Waals surface area contributed by atoms with Crippen LogP contribution in [-0.2, 0) is 6.54 Å². The average molecular weight is 299 g/mol. The van der Waals surface area contributed by atoms with Crippen molar-refractivity contribution >= 4 is 43.2 Å². The predicted molar refractivity (Wildman–Crippen MR) is 57.1 cm³/mol. The first-order valence-electron chi connectivity index (χ1n) is 3.38. The molecule has 4 heteroatoms. The van der Waals surface area contributed by atoms with Crippen molar-refractivity contribution in [1.82, 2.24) is 5.32 Å². The molecule has 0 saturated carbocycles. The zero-order valence-electron chi connectivity index (χ0n) is 6.16. The van der Waals surface area contributed by atoms with E-state index in [1.54, 1.807) is 11.3 Å². The molecule has 0 unspecified atom stereocenters. The molecule has 0 spiro atoms. The van der Waals surface area contributed by atoms with Gasteiger partial charge in [-0.05, 0) is 44.5 Å². The summed E-state index contributed by atoms with van der Waals surface area (Å²) in [7, 11) is 0. The molecule has 1 nitrogen and oxygen atoms in total. The second-order valence-corrected chi connectivity index (χ2v) is 5.42. The maximum Gasteiger partial charge on any atom is 0.0843 e. The molecule has 0 bridgehead atoms. The Hall–Kier alpha value is 0.620. The van der Waals surface area contributed by atoms with Crippen LogP contribution in [0.25, 0.3) is 0 Å². The quantitative estimate of drug-likeness (QED) is 0.902. The zero-order valence-corrected chi connectivity index (χ0v) is 10.1. The van der Waals surface area contributed by atoms with E-state index in [1.807, 2.05) is 0 Å². The first-order chi connectivity index (χ1) is 5.24. The molecular weight excluding hydrogens is 290 g/mol. The summed E-state index contributed by atoms with van der Waals surface area (Å²) in [6, 6.07) is 2.14. The molecule has 0 radical (unpaired) electrons. The largest absolute Gasteiger partial charge is 0.312 e. The van der Waals surface area contributed by atoms with Gasteiger partial charge in [0.15, 0.2) is 0 Å². The fourth-order valence-electron chi connectivity index (χ4n) is 0.727. The summed E-state index contributed by atoms with van der Waals surface area (Å²) >= 11 is 8.66. The molecular formula is C7H9Br2NS. The third-order valence-electron chi connectivity index (χ3n) is 1.25. The normalized spacial score (nSPS) is 10.5. The molecule has 0 amide bonds. The Morgan fingerprint density at radius 1 is 1.55 bits per heavy atom. The highest BCUT2D eigenvalue weighted by atomic mass is 79.9. The lowest BCUT2D eigenvalue weighted by molar-refractivity contribution is 0.735. The molecule has 0 fully saturated rings. The summed E-state index contributed by atoms with van der Waals surface area (Å²) in [6.45, 7) is 4.09. The standard InChI is InChI=1S/C7H9Br2NS/c1-2-10-4-5-3-6(8)7(9)11-5/h3,10H,2,4H2,1H3. The summed E-state index contributed by atoms with van der Waals surface area (Å²) in [4.78, 5) is 1.35. The van der Waals surface area contributed by atoms with E-state index in [2.05, 4.69) is 50.2 Å². The monoisotopic (exact) mass is 297 g/mol. The Morgan fingerprint density at radius 2 is 2.27 bits per heavy atom. The van der Waals surface area contributed by atoms with E-state index in [0.29, 0.717) is 0 Å². The lowest BCUT2D eigenvalue weighted by Crippen LogP contribution is -2.10. The van der Waals surface area contributed by atoms with Crippen molar-refractivity contribution in [3.63, 3.8) is 0 Å². The van der Waals surface area contributed by atoms with Crippen LogP contribution in [0.15, 0.2) is 14.3 Å². The van der Waals surface area contributed by atoms with E-state index >= 15 is 0 Å². The van der Waals surface area contributed by atoms with Crippen molar-refractivity contribution in [2.45, 2.75) is 13.5 Å². The molecule has 1 heterocycles. The smallest absolute Gasteiger partial charge is 0.0843 e. The second kappa shape index (κ2) is 4.60. The van der Waals surface area contributed by atoms with Crippen molar-refractivity contribution < 1.29 is 0 Å². The van der Waals surface area contributed by atoms with Gasteiger partial charge in [0.2, 0.25) is 0 Å². The molecule has 1 aromatic rings. The third-order valence-corrected chi connectivity index (χ3v) is 4.50. The van der Waals surface area contributed by atoms with Crippen LogP contribution in [0.3, 0.4) is 0 Å². The number of hydrogen-bond acceptors (Lipinski definition) is 2. The number of halogens is 2. The van der Waals surface area contributed by atoms with Gasteiger partial charge in [0.25, 0.3) is 0 Å². The zero-order chi connectivity index (χ0) is 8.27. The Kier molecular flexibility index (Phi) is 4.06. The van der Waals surface area contributed by atoms with Crippen molar-refractivity contribution in [3.8, 4) is 0 Å². The van der Waals surface area contributed by atoms with Gasteiger partial charge in [0.05, 0.1) is 3.79 Å². The lowest BCUT2D eigenvalue weighted by atomic mass is 10.4. The van der Waals surface area contributed by atoms with Crippen LogP contribution < -0.4 is 5.32 Å². The van der Waals surface area contributed by atoms with Crippen molar-refractivity contribution in [1.29, 1.82) is 0 Å². The maximum absolute atomic E-state index is 3.45. The van der Waals surface area contributed by atoms with Gasteiger partial charge in [0.1, 0.15) is 0 Å². The second-order valence-electron chi connectivity index (χ2n) is 2.11. The van der Waals surface area contributed by atoms with Crippen LogP contribution in [-0.4, -0.2) is 6.54 Å². The predicted octanol–water partition coefficient (Wildman–Crippen LogP) is 3.38. The van der Waals surface area contributed by atoms with E-state index in [1.165, 1.54) is 8.66 Å². The molecule has 0 aromatic carbocycles. The third kappa shape index (κ3) is 2.86. The highest BCUT2D eigenvalue weighted by Gasteiger charge is 2.02. The SMILES string of the molecule is CCNCc1cc(Br)c(Br)s1. The first-order valence-corrected chi connectivity index (χ1v) is 5.78. The molecule has 0 aliphatic heterocycles. The number of nitrogens with one attached hydrogen (secondary N) is 1. The van der Waals surface area contributed by atoms with Crippen LogP contribution in [0.2, 0.25) is 0 Å². The number of rotatable bonds is 3. The fourth-order valence-corrected chi connectivity index (χ4v) is 2.87. The molecule has 11 heavy (non-hydrogen) atoms. The average Bonchev–Trinajstić information content (AvgIpc) is 2.28. The Balaban J connectivity index is 2.58. The van der Waals surface area contributed by atoms with Gasteiger partial charge >= 0.3 is 0 Å². The number of thiophene rings is 1. The summed E-state index contributed by atoms with van der Waals surface area (Å²) < 4.78 is 2.32. The van der Waals surface area contributed by atoms with Gasteiger partial charge in [-0.25, -0.2) is 0 Å². The van der Waals surface area contributed by atoms with Crippen LogP contribution >= 0.6 is 43.2 Å². The first kappa shape index (κ1) is 9.71. The Bertz CT molecular complexity index is 215. The molecule has 0 atom stereocenters. The molecule has 0 saturated heterocycles. The maximum atomic E-state index is 3.45. The van der Waals surface area contributed by atoms with Gasteiger partial charge in [-0.15, -0.1) is 11.3 Å². The van der Waals surface area contributed by atoms with Gasteiger partial charge in [-0.1, -0.05) is 6.92 Å². The van der Waals surface area contributed by atoms with Crippen molar-refractivity contribution in [2.75, 3.05) is 6.54 Å². The minimum atomic E-state index is 0.964. The van der Waals surface area contributed by atoms with E-state index < -0.39 is 0 Å². The van der Waals surface area contributed by atoms with Crippen molar-refractivity contribution in [3.05, 3.63) is 19.2 Å². The topological polar surface area (TPSA) is 12.0 Å². The summed E-state index contributed by atoms with van der Waals surface area (Å²) in [5.74, 6) is 0. The van der Waals surface area contributed by atoms with E-state index in [-0.39, 0.29) is 0 Å². The van der Waals surface area contributed by atoms with Crippen LogP contribution in [0.1, 0.15) is 11.8 Å². The van der Waals surface area contributed by atoms with Crippen LogP contribution in [0.5, 0.6) is 0 Å². The summed E-state index contributed by atoms with van der Waals surface area (Å²) in [5, 5.41) is 3.27. The molecule has 1 aromatic heterocycles. The van der Waals surface area contributed by atoms with Gasteiger partial charge in [-0.3, -0.25) is 0 Å². The number of hydrogen-bond donors (Lipinski definition) is 1. The van der Waals surface area contributed by atoms with Crippen LogP contribution in [0.4, 0.5) is 0 Å². The highest BCUT2D eigenvalue weighted by Crippen LogP contribution is 2.32. The Labute approximate surface area is 87.5 Å². The minimum absolute atomic E-state index is 0.964. The lowest BCUT2D eigenvalue weighted by Gasteiger charge is -1.94. The minimum Gasteiger partial charge on any atom is -0.312 e. The van der Waals surface area contributed by atoms with Gasteiger partial charge < -0.3 is 5.32 Å². The van der Waals surface area contributed by atoms with Crippen molar-refractivity contribution in [2.24, 2.45) is 0 Å². The van der Waals surface area contributed by atoms with E-state index in [9.17, 15) is 0 Å². The van der Waals surface area contributed by atoms with Gasteiger partial charge in [-0.2, -0.15) is 0 Å². The highest BCUT2D eigenvalue weighted by molar-refractivity contribution is 9.13. The Morgan fingerprint density at radius 3 is 2.73 bits per heavy atom. The molecule has 0 aliphatic carbocycles. The molecule has 1 N–H and O–H groups in total. The van der Waals surface area contributed by atoms with Crippen LogP contribution in [0, 0.1) is 0 Å². The molecule has 1 rings (SSSR count).